The highest BCUT2D eigenvalue weighted by Gasteiger charge is 2.23. The third-order valence-corrected chi connectivity index (χ3v) is 6.36. The molecule has 142 valence electrons. The van der Waals surface area contributed by atoms with E-state index >= 15 is 0 Å². The molecule has 0 aliphatic carbocycles. The van der Waals surface area contributed by atoms with Gasteiger partial charge in [0, 0.05) is 18.0 Å². The number of fused-ring (bicyclic) bond motifs is 1. The van der Waals surface area contributed by atoms with E-state index in [1.54, 1.807) is 11.3 Å². The average molecular weight is 377 g/mol. The minimum Gasteiger partial charge on any atom is -0.341 e. The lowest BCUT2D eigenvalue weighted by molar-refractivity contribution is -0.133. The summed E-state index contributed by atoms with van der Waals surface area (Å²) in [7, 11) is 4.19. The molecule has 26 heavy (non-hydrogen) atoms. The predicted molar refractivity (Wildman–Crippen MR) is 106 cm³/mol. The number of amides is 1. The number of hydrogen-bond donors (Lipinski definition) is 0. The van der Waals surface area contributed by atoms with Gasteiger partial charge in [-0.25, -0.2) is 4.98 Å². The Bertz CT molecular complexity index is 819. The molecule has 1 saturated heterocycles. The molecule has 2 aromatic rings. The number of carbonyl (C=O) groups excluding carboxylic acids is 1. The van der Waals surface area contributed by atoms with Crippen molar-refractivity contribution in [3.05, 3.63) is 27.6 Å². The summed E-state index contributed by atoms with van der Waals surface area (Å²) < 4.78 is 1.45. The molecule has 2 aromatic heterocycles. The quantitative estimate of drug-likeness (QED) is 0.776. The van der Waals surface area contributed by atoms with Crippen molar-refractivity contribution >= 4 is 27.5 Å². The average Bonchev–Trinajstić information content (AvgIpc) is 3.07. The van der Waals surface area contributed by atoms with Crippen LogP contribution in [-0.2, 0) is 17.8 Å². The van der Waals surface area contributed by atoms with Crippen LogP contribution < -0.4 is 5.56 Å². The first-order chi connectivity index (χ1) is 12.5. The van der Waals surface area contributed by atoms with Crippen molar-refractivity contribution in [3.63, 3.8) is 0 Å². The summed E-state index contributed by atoms with van der Waals surface area (Å²) in [6, 6.07) is 1.91. The minimum absolute atomic E-state index is 0.0188. The van der Waals surface area contributed by atoms with Gasteiger partial charge in [-0.1, -0.05) is 6.92 Å². The zero-order chi connectivity index (χ0) is 18.7. The Labute approximate surface area is 158 Å². The number of nitrogens with zero attached hydrogens (tertiary/aromatic N) is 4. The zero-order valence-corrected chi connectivity index (χ0v) is 16.7. The molecular formula is C19H28N4O2S. The van der Waals surface area contributed by atoms with E-state index < -0.39 is 0 Å². The topological polar surface area (TPSA) is 58.4 Å². The van der Waals surface area contributed by atoms with Gasteiger partial charge in [0.2, 0.25) is 5.91 Å². The zero-order valence-electron chi connectivity index (χ0n) is 15.9. The summed E-state index contributed by atoms with van der Waals surface area (Å²) in [6.45, 7) is 4.83. The van der Waals surface area contributed by atoms with E-state index in [-0.39, 0.29) is 18.0 Å². The van der Waals surface area contributed by atoms with Crippen LogP contribution in [0.2, 0.25) is 0 Å². The van der Waals surface area contributed by atoms with E-state index in [9.17, 15) is 9.59 Å². The van der Waals surface area contributed by atoms with Crippen LogP contribution in [0, 0.1) is 5.92 Å². The fraction of sp³-hybridized carbons (Fsp3) is 0.632. The molecule has 6 nitrogen and oxygen atoms in total. The molecule has 0 bridgehead atoms. The second kappa shape index (κ2) is 8.31. The van der Waals surface area contributed by atoms with Crippen molar-refractivity contribution in [3.8, 4) is 0 Å². The highest BCUT2D eigenvalue weighted by Crippen LogP contribution is 2.22. The van der Waals surface area contributed by atoms with Crippen molar-refractivity contribution in [2.75, 3.05) is 33.7 Å². The molecule has 1 aliphatic heterocycles. The first kappa shape index (κ1) is 19.0. The van der Waals surface area contributed by atoms with E-state index in [4.69, 9.17) is 0 Å². The van der Waals surface area contributed by atoms with Gasteiger partial charge in [-0.2, -0.15) is 0 Å². The van der Waals surface area contributed by atoms with Crippen molar-refractivity contribution in [1.29, 1.82) is 0 Å². The number of likely N-dealkylation sites (tertiary alicyclic amines) is 1. The summed E-state index contributed by atoms with van der Waals surface area (Å²) in [6.07, 6.45) is 5.70. The normalized spacial score (nSPS) is 15.9. The molecular weight excluding hydrogens is 348 g/mol. The Balaban J connectivity index is 1.61. The Kier molecular flexibility index (Phi) is 6.09. The fourth-order valence-electron chi connectivity index (χ4n) is 3.45. The molecule has 1 aliphatic rings. The van der Waals surface area contributed by atoms with Crippen LogP contribution >= 0.6 is 11.3 Å². The van der Waals surface area contributed by atoms with Crippen LogP contribution in [0.5, 0.6) is 0 Å². The summed E-state index contributed by atoms with van der Waals surface area (Å²) in [4.78, 5) is 35.6. The number of thiophene rings is 1. The highest BCUT2D eigenvalue weighted by atomic mass is 32.1. The summed E-state index contributed by atoms with van der Waals surface area (Å²) in [5.74, 6) is 0.714. The number of rotatable bonds is 6. The lowest BCUT2D eigenvalue weighted by atomic mass is 9.93. The maximum Gasteiger partial charge on any atom is 0.262 e. The number of piperidine rings is 1. The van der Waals surface area contributed by atoms with Gasteiger partial charge in [-0.3, -0.25) is 14.2 Å². The van der Waals surface area contributed by atoms with Gasteiger partial charge in [0.1, 0.15) is 11.4 Å². The van der Waals surface area contributed by atoms with Crippen molar-refractivity contribution in [1.82, 2.24) is 19.4 Å². The second-order valence-corrected chi connectivity index (χ2v) is 8.49. The van der Waals surface area contributed by atoms with Gasteiger partial charge in [0.05, 0.1) is 11.7 Å². The number of carbonyl (C=O) groups is 1. The van der Waals surface area contributed by atoms with Gasteiger partial charge < -0.3 is 9.80 Å². The minimum atomic E-state index is -0.111. The standard InChI is InChI=1S/C19H28N4O2S/c1-4-15-11-16-18(26-15)20-13-23(19(16)25)12-17(24)22-9-6-14(7-10-22)5-8-21(2)3/h11,13-14H,4-10,12H2,1-3H3. The molecule has 0 N–H and O–H groups in total. The molecule has 3 rings (SSSR count). The van der Waals surface area contributed by atoms with Crippen LogP contribution in [0.1, 0.15) is 31.1 Å². The van der Waals surface area contributed by atoms with Gasteiger partial charge in [0.25, 0.3) is 5.56 Å². The molecule has 0 spiro atoms. The first-order valence-electron chi connectivity index (χ1n) is 9.38. The van der Waals surface area contributed by atoms with Crippen LogP contribution in [0.25, 0.3) is 10.2 Å². The van der Waals surface area contributed by atoms with Crippen LogP contribution in [0.4, 0.5) is 0 Å². The first-order valence-corrected chi connectivity index (χ1v) is 10.2. The van der Waals surface area contributed by atoms with Crippen molar-refractivity contribution in [2.24, 2.45) is 5.92 Å². The van der Waals surface area contributed by atoms with E-state index in [0.717, 1.165) is 48.6 Å². The number of aromatic nitrogens is 2. The smallest absolute Gasteiger partial charge is 0.262 e. The lowest BCUT2D eigenvalue weighted by Gasteiger charge is -2.32. The second-order valence-electron chi connectivity index (χ2n) is 7.38. The van der Waals surface area contributed by atoms with Crippen molar-refractivity contribution < 1.29 is 4.79 Å². The third kappa shape index (κ3) is 4.32. The van der Waals surface area contributed by atoms with Crippen LogP contribution in [-0.4, -0.2) is 59.0 Å². The molecule has 0 unspecified atom stereocenters. The largest absolute Gasteiger partial charge is 0.341 e. The highest BCUT2D eigenvalue weighted by molar-refractivity contribution is 7.18. The summed E-state index contributed by atoms with van der Waals surface area (Å²) in [5.41, 5.74) is -0.111. The van der Waals surface area contributed by atoms with Gasteiger partial charge in [-0.05, 0) is 58.3 Å². The molecule has 0 aromatic carbocycles. The van der Waals surface area contributed by atoms with Crippen LogP contribution in [0.3, 0.4) is 0 Å². The molecule has 0 radical (unpaired) electrons. The van der Waals surface area contributed by atoms with Gasteiger partial charge >= 0.3 is 0 Å². The van der Waals surface area contributed by atoms with E-state index in [1.807, 2.05) is 11.0 Å². The molecule has 1 fully saturated rings. The molecule has 7 heteroatoms. The molecule has 0 atom stereocenters. The summed E-state index contributed by atoms with van der Waals surface area (Å²) >= 11 is 1.55. The SMILES string of the molecule is CCc1cc2c(=O)n(CC(=O)N3CCC(CCN(C)C)CC3)cnc2s1. The van der Waals surface area contributed by atoms with Crippen molar-refractivity contribution in [2.45, 2.75) is 39.2 Å². The van der Waals surface area contributed by atoms with Crippen LogP contribution in [0.15, 0.2) is 17.2 Å². The monoisotopic (exact) mass is 376 g/mol. The Morgan fingerprint density at radius 3 is 2.73 bits per heavy atom. The Morgan fingerprint density at radius 1 is 1.35 bits per heavy atom. The van der Waals surface area contributed by atoms with Gasteiger partial charge in [-0.15, -0.1) is 11.3 Å². The van der Waals surface area contributed by atoms with E-state index in [1.165, 1.54) is 17.3 Å². The predicted octanol–water partition coefficient (Wildman–Crippen LogP) is 2.21. The fourth-order valence-corrected chi connectivity index (χ4v) is 4.38. The number of hydrogen-bond acceptors (Lipinski definition) is 5. The summed E-state index contributed by atoms with van der Waals surface area (Å²) in [5, 5.41) is 0.629. The molecule has 3 heterocycles. The Morgan fingerprint density at radius 2 is 2.08 bits per heavy atom. The maximum absolute atomic E-state index is 12.6. The third-order valence-electron chi connectivity index (χ3n) is 5.18. The number of aryl methyl sites for hydroxylation is 1. The lowest BCUT2D eigenvalue weighted by Crippen LogP contribution is -2.41. The van der Waals surface area contributed by atoms with E-state index in [2.05, 4.69) is 30.9 Å². The maximum atomic E-state index is 12.6. The van der Waals surface area contributed by atoms with Gasteiger partial charge in [0.15, 0.2) is 0 Å². The molecule has 0 saturated carbocycles. The molecule has 1 amide bonds. The Hall–Kier alpha value is -1.73. The van der Waals surface area contributed by atoms with E-state index in [0.29, 0.717) is 11.3 Å².